The first-order valence-corrected chi connectivity index (χ1v) is 8.26. The molecule has 1 aliphatic carbocycles. The minimum absolute atomic E-state index is 0.197. The first kappa shape index (κ1) is 14.2. The normalized spacial score (nSPS) is 14.1. The molecule has 1 fully saturated rings. The molecule has 2 heterocycles. The van der Waals surface area contributed by atoms with E-state index in [-0.39, 0.29) is 5.91 Å². The van der Waals surface area contributed by atoms with E-state index in [0.29, 0.717) is 12.5 Å². The van der Waals surface area contributed by atoms with E-state index in [4.69, 9.17) is 0 Å². The van der Waals surface area contributed by atoms with Crippen molar-refractivity contribution in [1.82, 2.24) is 9.97 Å². The molecule has 0 spiro atoms. The lowest BCUT2D eigenvalue weighted by Crippen LogP contribution is -2.32. The molecule has 5 heteroatoms. The Kier molecular flexibility index (Phi) is 4.29. The summed E-state index contributed by atoms with van der Waals surface area (Å²) in [6.45, 7) is 1.97. The fourth-order valence-corrected chi connectivity index (χ4v) is 3.23. The highest BCUT2D eigenvalue weighted by atomic mass is 32.1. The van der Waals surface area contributed by atoms with Crippen LogP contribution in [0.1, 0.15) is 37.1 Å². The van der Waals surface area contributed by atoms with Crippen molar-refractivity contribution in [2.45, 2.75) is 45.1 Å². The number of aryl methyl sites for hydroxylation is 2. The lowest BCUT2D eigenvalue weighted by molar-refractivity contribution is -0.118. The number of hydrogen-bond donors (Lipinski definition) is 0. The third-order valence-electron chi connectivity index (χ3n) is 3.54. The lowest BCUT2D eigenvalue weighted by atomic mass is 10.1. The van der Waals surface area contributed by atoms with Gasteiger partial charge in [-0.1, -0.05) is 6.07 Å². The molecule has 110 valence electrons. The quantitative estimate of drug-likeness (QED) is 0.822. The number of thiazole rings is 1. The topological polar surface area (TPSA) is 46.1 Å². The fraction of sp³-hybridized carbons (Fsp3) is 0.438. The van der Waals surface area contributed by atoms with Gasteiger partial charge in [0.25, 0.3) is 0 Å². The maximum Gasteiger partial charge on any atom is 0.229 e. The SMILES string of the molecule is Cc1csc(N(C(=O)CCCc2ccccn2)C2CC2)n1. The molecule has 0 aliphatic heterocycles. The third-order valence-corrected chi connectivity index (χ3v) is 4.50. The van der Waals surface area contributed by atoms with E-state index >= 15 is 0 Å². The largest absolute Gasteiger partial charge is 0.285 e. The summed E-state index contributed by atoms with van der Waals surface area (Å²) in [4.78, 5) is 23.2. The van der Waals surface area contributed by atoms with Gasteiger partial charge in [-0.25, -0.2) is 4.98 Å². The molecule has 1 saturated carbocycles. The van der Waals surface area contributed by atoms with Crippen molar-refractivity contribution >= 4 is 22.4 Å². The maximum atomic E-state index is 12.5. The Hall–Kier alpha value is -1.75. The van der Waals surface area contributed by atoms with Gasteiger partial charge in [0.2, 0.25) is 5.91 Å². The molecule has 0 N–H and O–H groups in total. The third kappa shape index (κ3) is 3.67. The van der Waals surface area contributed by atoms with Crippen LogP contribution in [0.25, 0.3) is 0 Å². The number of amides is 1. The van der Waals surface area contributed by atoms with Crippen LogP contribution in [0, 0.1) is 6.92 Å². The van der Waals surface area contributed by atoms with E-state index in [1.807, 2.05) is 35.4 Å². The second-order valence-corrected chi connectivity index (χ2v) is 6.28. The molecule has 2 aromatic heterocycles. The van der Waals surface area contributed by atoms with Gasteiger partial charge in [-0.15, -0.1) is 11.3 Å². The van der Waals surface area contributed by atoms with E-state index in [1.165, 1.54) is 0 Å². The molecule has 0 bridgehead atoms. The standard InChI is InChI=1S/C16H19N3OS/c1-12-11-21-16(18-12)19(14-8-9-14)15(20)7-4-6-13-5-2-3-10-17-13/h2-3,5,10-11,14H,4,6-9H2,1H3. The highest BCUT2D eigenvalue weighted by molar-refractivity contribution is 7.14. The molecule has 0 unspecified atom stereocenters. The zero-order valence-corrected chi connectivity index (χ0v) is 13.0. The summed E-state index contributed by atoms with van der Waals surface area (Å²) >= 11 is 1.57. The summed E-state index contributed by atoms with van der Waals surface area (Å²) in [5, 5.41) is 2.86. The predicted octanol–water partition coefficient (Wildman–Crippen LogP) is 3.36. The monoisotopic (exact) mass is 301 g/mol. The van der Waals surface area contributed by atoms with Gasteiger partial charge in [0.1, 0.15) is 0 Å². The molecule has 4 nitrogen and oxygen atoms in total. The second kappa shape index (κ2) is 6.35. The number of carbonyl (C=O) groups excluding carboxylic acids is 1. The van der Waals surface area contributed by atoms with E-state index in [2.05, 4.69) is 9.97 Å². The van der Waals surface area contributed by atoms with Crippen molar-refractivity contribution in [1.29, 1.82) is 0 Å². The van der Waals surface area contributed by atoms with Crippen LogP contribution >= 0.6 is 11.3 Å². The number of pyridine rings is 1. The number of anilines is 1. The average Bonchev–Trinajstić information content (AvgIpc) is 3.22. The number of aromatic nitrogens is 2. The van der Waals surface area contributed by atoms with Crippen molar-refractivity contribution in [2.75, 3.05) is 4.90 Å². The van der Waals surface area contributed by atoms with Crippen molar-refractivity contribution in [3.8, 4) is 0 Å². The smallest absolute Gasteiger partial charge is 0.229 e. The summed E-state index contributed by atoms with van der Waals surface area (Å²) in [6, 6.07) is 6.28. The summed E-state index contributed by atoms with van der Waals surface area (Å²) < 4.78 is 0. The molecule has 1 amide bonds. The van der Waals surface area contributed by atoms with Crippen LogP contribution in [0.2, 0.25) is 0 Å². The van der Waals surface area contributed by atoms with Crippen LogP contribution in [0.4, 0.5) is 5.13 Å². The molecular formula is C16H19N3OS. The van der Waals surface area contributed by atoms with Gasteiger partial charge in [0.15, 0.2) is 5.13 Å². The van der Waals surface area contributed by atoms with Crippen LogP contribution in [0.5, 0.6) is 0 Å². The number of nitrogens with zero attached hydrogens (tertiary/aromatic N) is 3. The van der Waals surface area contributed by atoms with Gasteiger partial charge >= 0.3 is 0 Å². The molecule has 2 aromatic rings. The lowest BCUT2D eigenvalue weighted by Gasteiger charge is -2.19. The molecular weight excluding hydrogens is 282 g/mol. The van der Waals surface area contributed by atoms with Gasteiger partial charge in [-0.3, -0.25) is 14.7 Å². The zero-order valence-electron chi connectivity index (χ0n) is 12.2. The van der Waals surface area contributed by atoms with Crippen LogP contribution in [-0.2, 0) is 11.2 Å². The summed E-state index contributed by atoms with van der Waals surface area (Å²) in [7, 11) is 0. The molecule has 1 aliphatic rings. The summed E-state index contributed by atoms with van der Waals surface area (Å²) in [5.41, 5.74) is 2.04. The number of carbonyl (C=O) groups is 1. The maximum absolute atomic E-state index is 12.5. The molecule has 0 aromatic carbocycles. The first-order chi connectivity index (χ1) is 10.2. The number of hydrogen-bond acceptors (Lipinski definition) is 4. The van der Waals surface area contributed by atoms with Crippen molar-refractivity contribution in [3.05, 3.63) is 41.2 Å². The summed E-state index contributed by atoms with van der Waals surface area (Å²) in [6.07, 6.45) is 6.25. The van der Waals surface area contributed by atoms with Gasteiger partial charge in [0.05, 0.1) is 5.69 Å². The van der Waals surface area contributed by atoms with E-state index in [0.717, 1.165) is 42.2 Å². The van der Waals surface area contributed by atoms with Crippen LogP contribution < -0.4 is 4.90 Å². The van der Waals surface area contributed by atoms with Gasteiger partial charge in [-0.05, 0) is 44.7 Å². The first-order valence-electron chi connectivity index (χ1n) is 7.38. The molecule has 0 saturated heterocycles. The van der Waals surface area contributed by atoms with E-state index in [9.17, 15) is 4.79 Å². The molecule has 3 rings (SSSR count). The zero-order chi connectivity index (χ0) is 14.7. The van der Waals surface area contributed by atoms with Crippen molar-refractivity contribution < 1.29 is 4.79 Å². The Bertz CT molecular complexity index is 607. The van der Waals surface area contributed by atoms with Crippen molar-refractivity contribution in [3.63, 3.8) is 0 Å². The Morgan fingerprint density at radius 1 is 1.43 bits per heavy atom. The average molecular weight is 301 g/mol. The van der Waals surface area contributed by atoms with E-state index in [1.54, 1.807) is 17.5 Å². The molecule has 0 atom stereocenters. The number of rotatable bonds is 6. The van der Waals surface area contributed by atoms with Gasteiger partial charge < -0.3 is 0 Å². The van der Waals surface area contributed by atoms with Crippen molar-refractivity contribution in [2.24, 2.45) is 0 Å². The molecule has 0 radical (unpaired) electrons. The Labute approximate surface area is 128 Å². The highest BCUT2D eigenvalue weighted by Gasteiger charge is 2.34. The minimum Gasteiger partial charge on any atom is -0.285 e. The Morgan fingerprint density at radius 2 is 2.29 bits per heavy atom. The minimum atomic E-state index is 0.197. The van der Waals surface area contributed by atoms with Gasteiger partial charge in [-0.2, -0.15) is 0 Å². The van der Waals surface area contributed by atoms with Crippen LogP contribution in [-0.4, -0.2) is 21.9 Å². The molecule has 21 heavy (non-hydrogen) atoms. The van der Waals surface area contributed by atoms with Gasteiger partial charge in [0, 0.05) is 29.7 Å². The predicted molar refractivity (Wildman–Crippen MR) is 84.5 cm³/mol. The Morgan fingerprint density at radius 3 is 2.90 bits per heavy atom. The van der Waals surface area contributed by atoms with Crippen LogP contribution in [0.3, 0.4) is 0 Å². The fourth-order valence-electron chi connectivity index (χ4n) is 2.34. The summed E-state index contributed by atoms with van der Waals surface area (Å²) in [5.74, 6) is 0.197. The van der Waals surface area contributed by atoms with Crippen LogP contribution in [0.15, 0.2) is 29.8 Å². The highest BCUT2D eigenvalue weighted by Crippen LogP contribution is 2.34. The van der Waals surface area contributed by atoms with E-state index < -0.39 is 0 Å². The Balaban J connectivity index is 1.58. The second-order valence-electron chi connectivity index (χ2n) is 5.44.